The highest BCUT2D eigenvalue weighted by Gasteiger charge is 2.20. The lowest BCUT2D eigenvalue weighted by molar-refractivity contribution is 0.518. The summed E-state index contributed by atoms with van der Waals surface area (Å²) in [6.07, 6.45) is 0. The minimum atomic E-state index is -3.47. The number of sulfonamides is 1. The number of nitriles is 1. The van der Waals surface area contributed by atoms with E-state index in [1.807, 2.05) is 36.7 Å². The van der Waals surface area contributed by atoms with E-state index in [9.17, 15) is 8.42 Å². The third-order valence-electron chi connectivity index (χ3n) is 4.12. The molecule has 0 aliphatic rings. The normalized spacial score (nSPS) is 11.2. The molecule has 0 saturated carbocycles. The van der Waals surface area contributed by atoms with E-state index in [-0.39, 0.29) is 12.4 Å². The van der Waals surface area contributed by atoms with Gasteiger partial charge in [-0.25, -0.2) is 12.7 Å². The predicted molar refractivity (Wildman–Crippen MR) is 100.0 cm³/mol. The van der Waals surface area contributed by atoms with Gasteiger partial charge in [-0.05, 0) is 30.2 Å². The molecule has 8 heteroatoms. The van der Waals surface area contributed by atoms with Crippen LogP contribution in [0.2, 0.25) is 0 Å². The third kappa shape index (κ3) is 4.41. The Hall–Kier alpha value is -1.85. The highest BCUT2D eigenvalue weighted by atomic mass is 35.5. The highest BCUT2D eigenvalue weighted by Crippen LogP contribution is 2.19. The van der Waals surface area contributed by atoms with E-state index in [0.29, 0.717) is 23.7 Å². The molecule has 2 aromatic rings. The fraction of sp³-hybridized carbons (Fsp3) is 0.353. The molecule has 136 valence electrons. The van der Waals surface area contributed by atoms with Gasteiger partial charge in [0.25, 0.3) is 0 Å². The third-order valence-corrected chi connectivity index (χ3v) is 6.03. The van der Waals surface area contributed by atoms with Crippen LogP contribution in [-0.2, 0) is 30.2 Å². The van der Waals surface area contributed by atoms with E-state index < -0.39 is 10.0 Å². The Bertz CT molecular complexity index is 883. The minimum Gasteiger partial charge on any atom is -0.340 e. The Kier molecular flexibility index (Phi) is 7.20. The largest absolute Gasteiger partial charge is 0.340 e. The fourth-order valence-corrected chi connectivity index (χ4v) is 3.59. The quantitative estimate of drug-likeness (QED) is 0.830. The van der Waals surface area contributed by atoms with Crippen LogP contribution in [0.4, 0.5) is 0 Å². The number of halogens is 1. The van der Waals surface area contributed by atoms with Crippen LogP contribution in [0.5, 0.6) is 0 Å². The van der Waals surface area contributed by atoms with Gasteiger partial charge in [0.15, 0.2) is 0 Å². The van der Waals surface area contributed by atoms with Gasteiger partial charge in [-0.15, -0.1) is 12.4 Å². The number of benzene rings is 1. The van der Waals surface area contributed by atoms with E-state index in [1.165, 1.54) is 18.4 Å². The Morgan fingerprint density at radius 3 is 2.36 bits per heavy atom. The van der Waals surface area contributed by atoms with Crippen molar-refractivity contribution in [2.24, 2.45) is 7.05 Å². The molecule has 1 aromatic carbocycles. The molecule has 0 fully saturated rings. The van der Waals surface area contributed by atoms with Crippen molar-refractivity contribution in [1.29, 1.82) is 5.26 Å². The van der Waals surface area contributed by atoms with E-state index in [1.54, 1.807) is 12.1 Å². The van der Waals surface area contributed by atoms with Gasteiger partial charge in [0.2, 0.25) is 10.0 Å². The molecule has 0 aliphatic carbocycles. The Labute approximate surface area is 155 Å². The molecule has 0 aliphatic heterocycles. The van der Waals surface area contributed by atoms with Crippen molar-refractivity contribution in [3.63, 3.8) is 0 Å². The summed E-state index contributed by atoms with van der Waals surface area (Å²) in [6, 6.07) is 11.0. The van der Waals surface area contributed by atoms with E-state index in [2.05, 4.69) is 11.4 Å². The minimum absolute atomic E-state index is 0. The summed E-state index contributed by atoms with van der Waals surface area (Å²) >= 11 is 0. The first-order valence-electron chi connectivity index (χ1n) is 7.55. The number of hydrogen-bond acceptors (Lipinski definition) is 4. The molecule has 0 saturated heterocycles. The molecule has 1 heterocycles. The number of rotatable bonds is 6. The first kappa shape index (κ1) is 21.2. The van der Waals surface area contributed by atoms with Crippen molar-refractivity contribution < 1.29 is 8.42 Å². The van der Waals surface area contributed by atoms with Crippen LogP contribution in [-0.4, -0.2) is 31.4 Å². The summed E-state index contributed by atoms with van der Waals surface area (Å²) in [5.74, 6) is 0. The van der Waals surface area contributed by atoms with Gasteiger partial charge < -0.3 is 9.88 Å². The van der Waals surface area contributed by atoms with Crippen LogP contribution in [0.15, 0.2) is 35.2 Å². The van der Waals surface area contributed by atoms with Crippen molar-refractivity contribution in [2.75, 3.05) is 14.1 Å². The lowest BCUT2D eigenvalue weighted by Crippen LogP contribution is -2.24. The Morgan fingerprint density at radius 1 is 1.20 bits per heavy atom. The fourth-order valence-electron chi connectivity index (χ4n) is 2.48. The van der Waals surface area contributed by atoms with Gasteiger partial charge in [0, 0.05) is 39.9 Å². The molecule has 0 unspecified atom stereocenters. The Balaban J connectivity index is 0.00000312. The predicted octanol–water partition coefficient (Wildman–Crippen LogP) is 2.17. The smallest absolute Gasteiger partial charge is 0.242 e. The van der Waals surface area contributed by atoms with Crippen LogP contribution in [0, 0.1) is 18.3 Å². The topological polar surface area (TPSA) is 78.1 Å². The maximum absolute atomic E-state index is 12.4. The van der Waals surface area contributed by atoms with Crippen LogP contribution in [0.3, 0.4) is 0 Å². The van der Waals surface area contributed by atoms with Gasteiger partial charge in [-0.3, -0.25) is 0 Å². The molecule has 0 spiro atoms. The van der Waals surface area contributed by atoms with Gasteiger partial charge >= 0.3 is 0 Å². The SMILES string of the molecule is Cc1c(CNCc2ccccc2S(=O)(=O)N(C)C)cc(C#N)n1C.Cl. The number of nitrogens with zero attached hydrogens (tertiary/aromatic N) is 3. The summed E-state index contributed by atoms with van der Waals surface area (Å²) in [4.78, 5) is 0.310. The first-order chi connectivity index (χ1) is 11.3. The maximum atomic E-state index is 12.4. The summed E-state index contributed by atoms with van der Waals surface area (Å²) in [7, 11) is 1.43. The number of hydrogen-bond donors (Lipinski definition) is 1. The first-order valence-corrected chi connectivity index (χ1v) is 8.99. The van der Waals surface area contributed by atoms with Crippen molar-refractivity contribution in [3.8, 4) is 6.07 Å². The average molecular weight is 383 g/mol. The van der Waals surface area contributed by atoms with Gasteiger partial charge in [-0.1, -0.05) is 18.2 Å². The maximum Gasteiger partial charge on any atom is 0.242 e. The molecule has 1 N–H and O–H groups in total. The summed E-state index contributed by atoms with van der Waals surface area (Å²) in [5.41, 5.74) is 3.38. The van der Waals surface area contributed by atoms with Crippen LogP contribution < -0.4 is 5.32 Å². The van der Waals surface area contributed by atoms with Gasteiger partial charge in [-0.2, -0.15) is 5.26 Å². The van der Waals surface area contributed by atoms with Crippen molar-refractivity contribution in [2.45, 2.75) is 24.9 Å². The van der Waals surface area contributed by atoms with Gasteiger partial charge in [0.05, 0.1) is 4.90 Å². The van der Waals surface area contributed by atoms with E-state index in [4.69, 9.17) is 5.26 Å². The van der Waals surface area contributed by atoms with Crippen LogP contribution in [0.25, 0.3) is 0 Å². The monoisotopic (exact) mass is 382 g/mol. The molecule has 0 radical (unpaired) electrons. The molecule has 25 heavy (non-hydrogen) atoms. The molecule has 0 amide bonds. The van der Waals surface area contributed by atoms with E-state index in [0.717, 1.165) is 16.8 Å². The van der Waals surface area contributed by atoms with Crippen LogP contribution >= 0.6 is 12.4 Å². The van der Waals surface area contributed by atoms with Crippen molar-refractivity contribution in [3.05, 3.63) is 52.8 Å². The van der Waals surface area contributed by atoms with Crippen molar-refractivity contribution in [1.82, 2.24) is 14.2 Å². The molecule has 2 rings (SSSR count). The van der Waals surface area contributed by atoms with Crippen LogP contribution in [0.1, 0.15) is 22.5 Å². The molecule has 1 aromatic heterocycles. The second-order valence-electron chi connectivity index (χ2n) is 5.81. The molecule has 6 nitrogen and oxygen atoms in total. The summed E-state index contributed by atoms with van der Waals surface area (Å²) in [6.45, 7) is 2.96. The summed E-state index contributed by atoms with van der Waals surface area (Å²) in [5, 5.41) is 12.3. The lowest BCUT2D eigenvalue weighted by atomic mass is 10.2. The Morgan fingerprint density at radius 2 is 1.80 bits per heavy atom. The summed E-state index contributed by atoms with van der Waals surface area (Å²) < 4.78 is 27.8. The molecule has 0 bridgehead atoms. The number of aromatic nitrogens is 1. The van der Waals surface area contributed by atoms with Crippen molar-refractivity contribution >= 4 is 22.4 Å². The second-order valence-corrected chi connectivity index (χ2v) is 7.93. The van der Waals surface area contributed by atoms with Gasteiger partial charge in [0.1, 0.15) is 11.8 Å². The zero-order chi connectivity index (χ0) is 17.9. The molecule has 0 atom stereocenters. The standard InChI is InChI=1S/C17H22N4O2S.ClH/c1-13-15(9-16(10-18)21(13)4)12-19-11-14-7-5-6-8-17(14)24(22,23)20(2)3;/h5-9,19H,11-12H2,1-4H3;1H. The number of nitrogens with one attached hydrogen (secondary N) is 1. The lowest BCUT2D eigenvalue weighted by Gasteiger charge is -2.15. The molecular formula is C17H23ClN4O2S. The average Bonchev–Trinajstić information content (AvgIpc) is 2.83. The second kappa shape index (κ2) is 8.50. The zero-order valence-electron chi connectivity index (χ0n) is 14.8. The molecular weight excluding hydrogens is 360 g/mol. The zero-order valence-corrected chi connectivity index (χ0v) is 16.4. The highest BCUT2D eigenvalue weighted by molar-refractivity contribution is 7.89. The van der Waals surface area contributed by atoms with E-state index >= 15 is 0 Å².